The Morgan fingerprint density at radius 3 is 2.48 bits per heavy atom. The second-order valence-corrected chi connectivity index (χ2v) is 7.93. The quantitative estimate of drug-likeness (QED) is 0.677. The summed E-state index contributed by atoms with van der Waals surface area (Å²) in [6.45, 7) is 6.97. The highest BCUT2D eigenvalue weighted by atomic mass is 35.5. The Balaban J connectivity index is 2.24. The van der Waals surface area contributed by atoms with Crippen LogP contribution in [0.5, 0.6) is 0 Å². The molecule has 0 amide bonds. The first kappa shape index (κ1) is 17.3. The lowest BCUT2D eigenvalue weighted by molar-refractivity contribution is 0.342. The van der Waals surface area contributed by atoms with Gasteiger partial charge in [0.2, 0.25) is 0 Å². The summed E-state index contributed by atoms with van der Waals surface area (Å²) < 4.78 is 3.46. The van der Waals surface area contributed by atoms with Crippen LogP contribution in [-0.4, -0.2) is 9.13 Å². The van der Waals surface area contributed by atoms with E-state index in [4.69, 9.17) is 11.6 Å². The topological polar surface area (TPSA) is 50.7 Å². The van der Waals surface area contributed by atoms with Gasteiger partial charge in [-0.15, -0.1) is 0 Å². The molecule has 0 saturated heterocycles. The molecule has 0 aliphatic heterocycles. The Kier molecular flexibility index (Phi) is 4.22. The van der Waals surface area contributed by atoms with Crippen molar-refractivity contribution in [1.29, 1.82) is 5.26 Å². The van der Waals surface area contributed by atoms with Crippen molar-refractivity contribution in [1.82, 2.24) is 9.13 Å². The Hall–Kier alpha value is -2.51. The number of hydrogen-bond donors (Lipinski definition) is 0. The smallest absolute Gasteiger partial charge is 0.295 e. The van der Waals surface area contributed by atoms with E-state index in [0.717, 1.165) is 22.2 Å². The highest BCUT2D eigenvalue weighted by molar-refractivity contribution is 6.31. The molecule has 3 aromatic rings. The van der Waals surface area contributed by atoms with Gasteiger partial charge in [-0.3, -0.25) is 9.13 Å². The molecular weight excluding hydrogens is 334 g/mol. The average Bonchev–Trinajstić information content (AvgIpc) is 2.78. The summed E-state index contributed by atoms with van der Waals surface area (Å²) in [4.78, 5) is 12.6. The fourth-order valence-electron chi connectivity index (χ4n) is 3.05. The van der Waals surface area contributed by atoms with Crippen molar-refractivity contribution in [3.8, 4) is 17.2 Å². The van der Waals surface area contributed by atoms with E-state index in [1.165, 1.54) is 0 Å². The van der Waals surface area contributed by atoms with Crippen LogP contribution in [0, 0.1) is 16.7 Å². The highest BCUT2D eigenvalue weighted by Gasteiger charge is 2.18. The number of benzene rings is 2. The summed E-state index contributed by atoms with van der Waals surface area (Å²) in [5.74, 6) is 0. The molecule has 0 aliphatic rings. The zero-order chi connectivity index (χ0) is 18.4. The average molecular weight is 354 g/mol. The summed E-state index contributed by atoms with van der Waals surface area (Å²) >= 11 is 6.11. The molecule has 1 heterocycles. The van der Waals surface area contributed by atoms with Crippen LogP contribution in [0.15, 0.2) is 41.2 Å². The monoisotopic (exact) mass is 353 g/mol. The number of aromatic nitrogens is 2. The van der Waals surface area contributed by atoms with Gasteiger partial charge in [-0.05, 0) is 41.3 Å². The minimum absolute atomic E-state index is 0.00227. The number of fused-ring (bicyclic) bond motifs is 1. The number of rotatable bonds is 2. The fraction of sp³-hybridized carbons (Fsp3) is 0.300. The molecule has 25 heavy (non-hydrogen) atoms. The Labute approximate surface area is 151 Å². The molecule has 3 rings (SSSR count). The Bertz CT molecular complexity index is 1060. The lowest BCUT2D eigenvalue weighted by atomic mass is 9.96. The normalized spacial score (nSPS) is 11.7. The van der Waals surface area contributed by atoms with Crippen LogP contribution in [-0.2, 0) is 13.6 Å². The van der Waals surface area contributed by atoms with Gasteiger partial charge in [0.15, 0.2) is 0 Å². The van der Waals surface area contributed by atoms with Gasteiger partial charge in [-0.1, -0.05) is 38.4 Å². The van der Waals surface area contributed by atoms with E-state index in [-0.39, 0.29) is 11.1 Å². The van der Waals surface area contributed by atoms with Crippen molar-refractivity contribution >= 4 is 22.6 Å². The second kappa shape index (κ2) is 6.09. The summed E-state index contributed by atoms with van der Waals surface area (Å²) in [5, 5.41) is 9.94. The molecule has 0 spiro atoms. The second-order valence-electron chi connectivity index (χ2n) is 7.49. The Morgan fingerprint density at radius 2 is 1.84 bits per heavy atom. The number of imidazole rings is 1. The van der Waals surface area contributed by atoms with Crippen molar-refractivity contribution in [2.24, 2.45) is 12.5 Å². The first-order chi connectivity index (χ1) is 11.7. The molecule has 0 aliphatic carbocycles. The van der Waals surface area contributed by atoms with E-state index < -0.39 is 0 Å². The van der Waals surface area contributed by atoms with E-state index in [1.54, 1.807) is 29.8 Å². The van der Waals surface area contributed by atoms with Crippen molar-refractivity contribution in [2.75, 3.05) is 0 Å². The number of aryl methyl sites for hydroxylation is 1. The summed E-state index contributed by atoms with van der Waals surface area (Å²) in [6.07, 6.45) is 0. The molecule has 0 radical (unpaired) electrons. The van der Waals surface area contributed by atoms with Crippen LogP contribution in [0.3, 0.4) is 0 Å². The minimum Gasteiger partial charge on any atom is -0.295 e. The molecule has 0 unspecified atom stereocenters. The van der Waals surface area contributed by atoms with Gasteiger partial charge in [0.1, 0.15) is 0 Å². The largest absolute Gasteiger partial charge is 0.328 e. The number of hydrogen-bond acceptors (Lipinski definition) is 2. The molecule has 0 saturated carbocycles. The maximum Gasteiger partial charge on any atom is 0.328 e. The van der Waals surface area contributed by atoms with Crippen LogP contribution >= 0.6 is 11.6 Å². The van der Waals surface area contributed by atoms with Crippen LogP contribution in [0.4, 0.5) is 0 Å². The van der Waals surface area contributed by atoms with Gasteiger partial charge >= 0.3 is 5.69 Å². The van der Waals surface area contributed by atoms with Gasteiger partial charge in [0.25, 0.3) is 0 Å². The molecule has 1 aromatic heterocycles. The van der Waals surface area contributed by atoms with Gasteiger partial charge in [-0.25, -0.2) is 4.79 Å². The molecule has 2 aromatic carbocycles. The standard InChI is InChI=1S/C20H20ClN3O/c1-20(2,3)12-24-17-8-6-13(9-18(17)23(4)19(24)25)16-10-15(21)7-5-14(16)11-22/h5-10H,12H2,1-4H3. The van der Waals surface area contributed by atoms with Crippen molar-refractivity contribution in [3.05, 3.63) is 57.5 Å². The SMILES string of the molecule is Cn1c(=O)n(CC(C)(C)C)c2ccc(-c3cc(Cl)ccc3C#N)cc21. The summed E-state index contributed by atoms with van der Waals surface area (Å²) in [7, 11) is 1.77. The summed E-state index contributed by atoms with van der Waals surface area (Å²) in [5.41, 5.74) is 3.90. The zero-order valence-corrected chi connectivity index (χ0v) is 15.6. The van der Waals surface area contributed by atoms with E-state index in [2.05, 4.69) is 26.8 Å². The van der Waals surface area contributed by atoms with E-state index in [1.807, 2.05) is 22.8 Å². The molecule has 5 heteroatoms. The van der Waals surface area contributed by atoms with Crippen molar-refractivity contribution in [3.63, 3.8) is 0 Å². The van der Waals surface area contributed by atoms with E-state index in [9.17, 15) is 10.1 Å². The fourth-order valence-corrected chi connectivity index (χ4v) is 3.23. The lowest BCUT2D eigenvalue weighted by Gasteiger charge is -2.18. The number of halogens is 1. The molecule has 0 fully saturated rings. The predicted molar refractivity (Wildman–Crippen MR) is 102 cm³/mol. The summed E-state index contributed by atoms with van der Waals surface area (Å²) in [6, 6.07) is 13.2. The molecule has 128 valence electrons. The minimum atomic E-state index is -0.0336. The van der Waals surface area contributed by atoms with E-state index >= 15 is 0 Å². The van der Waals surface area contributed by atoms with Crippen molar-refractivity contribution < 1.29 is 0 Å². The third-order valence-electron chi connectivity index (χ3n) is 4.19. The van der Waals surface area contributed by atoms with Crippen LogP contribution in [0.1, 0.15) is 26.3 Å². The highest BCUT2D eigenvalue weighted by Crippen LogP contribution is 2.29. The zero-order valence-electron chi connectivity index (χ0n) is 14.8. The van der Waals surface area contributed by atoms with Gasteiger partial charge in [-0.2, -0.15) is 5.26 Å². The predicted octanol–water partition coefficient (Wildman–Crippen LogP) is 4.58. The first-order valence-corrected chi connectivity index (χ1v) is 8.48. The van der Waals surface area contributed by atoms with E-state index in [0.29, 0.717) is 17.1 Å². The van der Waals surface area contributed by atoms with Crippen LogP contribution in [0.2, 0.25) is 5.02 Å². The number of nitriles is 1. The first-order valence-electron chi connectivity index (χ1n) is 8.10. The van der Waals surface area contributed by atoms with Gasteiger partial charge in [0.05, 0.1) is 22.7 Å². The molecule has 0 atom stereocenters. The maximum absolute atomic E-state index is 12.6. The van der Waals surface area contributed by atoms with Crippen molar-refractivity contribution in [2.45, 2.75) is 27.3 Å². The third kappa shape index (κ3) is 3.20. The molecular formula is C20H20ClN3O. The third-order valence-corrected chi connectivity index (χ3v) is 4.43. The van der Waals surface area contributed by atoms with Gasteiger partial charge in [0, 0.05) is 24.2 Å². The Morgan fingerprint density at radius 1 is 1.12 bits per heavy atom. The van der Waals surface area contributed by atoms with Gasteiger partial charge < -0.3 is 0 Å². The molecule has 0 N–H and O–H groups in total. The molecule has 0 bridgehead atoms. The lowest BCUT2D eigenvalue weighted by Crippen LogP contribution is -2.27. The maximum atomic E-state index is 12.6. The van der Waals surface area contributed by atoms with Crippen LogP contribution < -0.4 is 5.69 Å². The molecule has 4 nitrogen and oxygen atoms in total. The number of nitrogens with zero attached hydrogens (tertiary/aromatic N) is 3. The van der Waals surface area contributed by atoms with Crippen LogP contribution in [0.25, 0.3) is 22.2 Å².